The van der Waals surface area contributed by atoms with Gasteiger partial charge in [-0.25, -0.2) is 0 Å². The average Bonchev–Trinajstić information content (AvgIpc) is 2.73. The van der Waals surface area contributed by atoms with Crippen LogP contribution in [0, 0.1) is 0 Å². The van der Waals surface area contributed by atoms with E-state index in [9.17, 15) is 4.79 Å². The lowest BCUT2D eigenvalue weighted by atomic mass is 10.1. The van der Waals surface area contributed by atoms with Gasteiger partial charge in [0.2, 0.25) is 0 Å². The van der Waals surface area contributed by atoms with Gasteiger partial charge in [-0.1, -0.05) is 43.7 Å². The Morgan fingerprint density at radius 2 is 1.75 bits per heavy atom. The summed E-state index contributed by atoms with van der Waals surface area (Å²) in [6, 6.07) is 19.7. The molecule has 4 heteroatoms. The Bertz CT molecular complexity index is 936. The number of amides is 1. The molecule has 0 spiro atoms. The molecule has 0 aromatic heterocycles. The van der Waals surface area contributed by atoms with E-state index >= 15 is 0 Å². The van der Waals surface area contributed by atoms with Crippen molar-refractivity contribution in [3.05, 3.63) is 71.8 Å². The zero-order chi connectivity index (χ0) is 19.8. The van der Waals surface area contributed by atoms with E-state index in [4.69, 9.17) is 9.47 Å². The molecule has 1 amide bonds. The highest BCUT2D eigenvalue weighted by atomic mass is 16.5. The third-order valence-corrected chi connectivity index (χ3v) is 4.55. The van der Waals surface area contributed by atoms with E-state index in [0.717, 1.165) is 35.3 Å². The Morgan fingerprint density at radius 3 is 2.54 bits per heavy atom. The fourth-order valence-electron chi connectivity index (χ4n) is 3.03. The largest absolute Gasteiger partial charge is 0.493 e. The number of ether oxygens (including phenoxy) is 2. The summed E-state index contributed by atoms with van der Waals surface area (Å²) in [6.45, 7) is 5.63. The van der Waals surface area contributed by atoms with Crippen LogP contribution in [0.2, 0.25) is 0 Å². The van der Waals surface area contributed by atoms with Gasteiger partial charge in [0, 0.05) is 17.7 Å². The van der Waals surface area contributed by atoms with Crippen LogP contribution >= 0.6 is 0 Å². The van der Waals surface area contributed by atoms with E-state index in [0.29, 0.717) is 25.3 Å². The molecule has 0 fully saturated rings. The first kappa shape index (κ1) is 19.7. The van der Waals surface area contributed by atoms with Crippen molar-refractivity contribution in [3.63, 3.8) is 0 Å². The number of benzene rings is 3. The zero-order valence-corrected chi connectivity index (χ0v) is 16.5. The monoisotopic (exact) mass is 377 g/mol. The van der Waals surface area contributed by atoms with Crippen LogP contribution in [0.4, 0.5) is 0 Å². The minimum Gasteiger partial charge on any atom is -0.493 e. The van der Waals surface area contributed by atoms with Gasteiger partial charge >= 0.3 is 0 Å². The molecule has 0 heterocycles. The highest BCUT2D eigenvalue weighted by molar-refractivity contribution is 5.94. The third-order valence-electron chi connectivity index (χ3n) is 4.55. The first-order valence-corrected chi connectivity index (χ1v) is 9.86. The molecule has 0 aliphatic heterocycles. The first-order valence-electron chi connectivity index (χ1n) is 9.86. The second kappa shape index (κ2) is 9.79. The minimum atomic E-state index is -0.0662. The van der Waals surface area contributed by atoms with E-state index in [-0.39, 0.29) is 5.91 Å². The molecule has 0 saturated heterocycles. The van der Waals surface area contributed by atoms with Crippen molar-refractivity contribution < 1.29 is 14.3 Å². The molecular formula is C24H27NO3. The van der Waals surface area contributed by atoms with E-state index < -0.39 is 0 Å². The maximum Gasteiger partial charge on any atom is 0.251 e. The lowest BCUT2D eigenvalue weighted by Gasteiger charge is -2.14. The standard InChI is InChI=1S/C24H27NO3/c1-3-5-14-25-24(26)20-11-13-23(27-4-2)21(15-20)17-28-22-12-10-18-8-6-7-9-19(18)16-22/h6-13,15-16H,3-5,14,17H2,1-2H3,(H,25,26). The molecule has 146 valence electrons. The minimum absolute atomic E-state index is 0.0662. The van der Waals surface area contributed by atoms with Gasteiger partial charge in [0.15, 0.2) is 0 Å². The third kappa shape index (κ3) is 5.03. The zero-order valence-electron chi connectivity index (χ0n) is 16.5. The van der Waals surface area contributed by atoms with Gasteiger partial charge in [0.1, 0.15) is 18.1 Å². The molecule has 0 unspecified atom stereocenters. The highest BCUT2D eigenvalue weighted by Crippen LogP contribution is 2.25. The van der Waals surface area contributed by atoms with Gasteiger partial charge in [0.25, 0.3) is 5.91 Å². The Labute approximate surface area is 166 Å². The van der Waals surface area contributed by atoms with Crippen LogP contribution in [0.15, 0.2) is 60.7 Å². The van der Waals surface area contributed by atoms with Crippen molar-refractivity contribution in [1.82, 2.24) is 5.32 Å². The summed E-state index contributed by atoms with van der Waals surface area (Å²) in [5.74, 6) is 1.47. The van der Waals surface area contributed by atoms with Crippen LogP contribution in [0.25, 0.3) is 10.8 Å². The summed E-state index contributed by atoms with van der Waals surface area (Å²) in [5, 5.41) is 5.26. The molecule has 0 saturated carbocycles. The predicted molar refractivity (Wildman–Crippen MR) is 113 cm³/mol. The lowest BCUT2D eigenvalue weighted by molar-refractivity contribution is 0.0953. The maximum absolute atomic E-state index is 12.4. The Morgan fingerprint density at radius 1 is 0.929 bits per heavy atom. The Hall–Kier alpha value is -3.01. The van der Waals surface area contributed by atoms with Crippen LogP contribution < -0.4 is 14.8 Å². The van der Waals surface area contributed by atoms with Gasteiger partial charge in [-0.3, -0.25) is 4.79 Å². The topological polar surface area (TPSA) is 47.6 Å². The van der Waals surface area contributed by atoms with Crippen LogP contribution in [0.1, 0.15) is 42.6 Å². The van der Waals surface area contributed by atoms with Gasteiger partial charge in [-0.2, -0.15) is 0 Å². The Balaban J connectivity index is 1.75. The van der Waals surface area contributed by atoms with E-state index in [2.05, 4.69) is 24.4 Å². The second-order valence-electron chi connectivity index (χ2n) is 6.66. The first-order chi connectivity index (χ1) is 13.7. The summed E-state index contributed by atoms with van der Waals surface area (Å²) < 4.78 is 11.7. The number of hydrogen-bond acceptors (Lipinski definition) is 3. The fourth-order valence-corrected chi connectivity index (χ4v) is 3.03. The molecule has 0 radical (unpaired) electrons. The van der Waals surface area contributed by atoms with Gasteiger partial charge < -0.3 is 14.8 Å². The van der Waals surface area contributed by atoms with Crippen molar-refractivity contribution in [2.45, 2.75) is 33.3 Å². The number of rotatable bonds is 9. The van der Waals surface area contributed by atoms with Crippen molar-refractivity contribution in [2.75, 3.05) is 13.2 Å². The summed E-state index contributed by atoms with van der Waals surface area (Å²) >= 11 is 0. The molecule has 3 aromatic carbocycles. The van der Waals surface area contributed by atoms with Crippen molar-refractivity contribution in [1.29, 1.82) is 0 Å². The Kier molecular flexibility index (Phi) is 6.90. The van der Waals surface area contributed by atoms with E-state index in [1.165, 1.54) is 5.39 Å². The molecule has 3 aromatic rings. The average molecular weight is 377 g/mol. The van der Waals surface area contributed by atoms with Crippen LogP contribution in [-0.2, 0) is 6.61 Å². The molecule has 1 N–H and O–H groups in total. The number of unbranched alkanes of at least 4 members (excludes halogenated alkanes) is 1. The molecule has 28 heavy (non-hydrogen) atoms. The number of nitrogens with one attached hydrogen (secondary N) is 1. The van der Waals surface area contributed by atoms with E-state index in [1.54, 1.807) is 6.07 Å². The molecule has 0 bridgehead atoms. The molecule has 4 nitrogen and oxygen atoms in total. The normalized spacial score (nSPS) is 10.6. The SMILES string of the molecule is CCCCNC(=O)c1ccc(OCC)c(COc2ccc3ccccc3c2)c1. The smallest absolute Gasteiger partial charge is 0.251 e. The van der Waals surface area contributed by atoms with Crippen LogP contribution in [-0.4, -0.2) is 19.1 Å². The quantitative estimate of drug-likeness (QED) is 0.512. The van der Waals surface area contributed by atoms with Gasteiger partial charge in [0.05, 0.1) is 6.61 Å². The van der Waals surface area contributed by atoms with Crippen molar-refractivity contribution in [2.24, 2.45) is 0 Å². The molecule has 3 rings (SSSR count). The van der Waals surface area contributed by atoms with Crippen molar-refractivity contribution in [3.8, 4) is 11.5 Å². The van der Waals surface area contributed by atoms with E-state index in [1.807, 2.05) is 49.4 Å². The maximum atomic E-state index is 12.4. The summed E-state index contributed by atoms with van der Waals surface area (Å²) in [4.78, 5) is 12.4. The molecule has 0 atom stereocenters. The fraction of sp³-hybridized carbons (Fsp3) is 0.292. The second-order valence-corrected chi connectivity index (χ2v) is 6.66. The van der Waals surface area contributed by atoms with Crippen molar-refractivity contribution >= 4 is 16.7 Å². The predicted octanol–water partition coefficient (Wildman–Crippen LogP) is 5.35. The van der Waals surface area contributed by atoms with Gasteiger partial charge in [-0.15, -0.1) is 0 Å². The molecule has 0 aliphatic rings. The summed E-state index contributed by atoms with van der Waals surface area (Å²) in [7, 11) is 0. The lowest BCUT2D eigenvalue weighted by Crippen LogP contribution is -2.24. The van der Waals surface area contributed by atoms with Crippen LogP contribution in [0.3, 0.4) is 0 Å². The highest BCUT2D eigenvalue weighted by Gasteiger charge is 2.11. The number of hydrogen-bond donors (Lipinski definition) is 1. The van der Waals surface area contributed by atoms with Crippen LogP contribution in [0.5, 0.6) is 11.5 Å². The summed E-state index contributed by atoms with van der Waals surface area (Å²) in [6.07, 6.45) is 2.02. The number of fused-ring (bicyclic) bond motifs is 1. The molecular weight excluding hydrogens is 350 g/mol. The van der Waals surface area contributed by atoms with Gasteiger partial charge in [-0.05, 0) is 54.4 Å². The number of carbonyl (C=O) groups is 1. The molecule has 0 aliphatic carbocycles. The summed E-state index contributed by atoms with van der Waals surface area (Å²) in [5.41, 5.74) is 1.48. The number of carbonyl (C=O) groups excluding carboxylic acids is 1.